The minimum atomic E-state index is -0.773. The minimum absolute atomic E-state index is 0.0548. The van der Waals surface area contributed by atoms with Gasteiger partial charge in [-0.1, -0.05) is 29.1 Å². The van der Waals surface area contributed by atoms with E-state index in [1.54, 1.807) is 24.3 Å². The molecule has 2 rings (SSSR count). The number of carbonyl (C=O) groups is 2. The molecule has 1 N–H and O–H groups in total. The van der Waals surface area contributed by atoms with Crippen LogP contribution in [0.1, 0.15) is 10.6 Å². The molecule has 0 saturated carbocycles. The first-order valence-electron chi connectivity index (χ1n) is 6.44. The normalized spacial score (nSPS) is 9.96. The summed E-state index contributed by atoms with van der Waals surface area (Å²) in [5.74, 6) is 1.27. The summed E-state index contributed by atoms with van der Waals surface area (Å²) in [6.45, 7) is -0.386. The molecule has 5 nitrogen and oxygen atoms in total. The van der Waals surface area contributed by atoms with Crippen LogP contribution in [-0.2, 0) is 9.53 Å². The third-order valence-corrected chi connectivity index (χ3v) is 3.29. The zero-order valence-electron chi connectivity index (χ0n) is 11.8. The number of esters is 1. The highest BCUT2D eigenvalue weighted by atomic mass is 35.5. The van der Waals surface area contributed by atoms with Gasteiger partial charge in [0.2, 0.25) is 5.76 Å². The lowest BCUT2D eigenvalue weighted by Gasteiger charge is -2.03. The topological polar surface area (TPSA) is 68.5 Å². The Balaban J connectivity index is 2.04. The highest BCUT2D eigenvalue weighted by molar-refractivity contribution is 6.35. The van der Waals surface area contributed by atoms with Crippen molar-refractivity contribution in [1.82, 2.24) is 5.32 Å². The summed E-state index contributed by atoms with van der Waals surface area (Å²) in [5, 5.41) is 3.28. The monoisotopic (exact) mass is 351 g/mol. The summed E-state index contributed by atoms with van der Waals surface area (Å²) in [6.07, 6.45) is 5.00. The van der Waals surface area contributed by atoms with Crippen LogP contribution in [0.25, 0.3) is 11.3 Å². The summed E-state index contributed by atoms with van der Waals surface area (Å²) in [5.41, 5.74) is 0.546. The molecule has 0 saturated heterocycles. The highest BCUT2D eigenvalue weighted by Crippen LogP contribution is 2.31. The molecule has 0 atom stereocenters. The van der Waals surface area contributed by atoms with Crippen LogP contribution in [0.5, 0.6) is 0 Å². The van der Waals surface area contributed by atoms with Crippen molar-refractivity contribution in [2.24, 2.45) is 0 Å². The average Bonchev–Trinajstić information content (AvgIpc) is 3.02. The van der Waals surface area contributed by atoms with E-state index in [-0.39, 0.29) is 12.3 Å². The summed E-state index contributed by atoms with van der Waals surface area (Å²) in [7, 11) is 0. The maximum atomic E-state index is 11.8. The van der Waals surface area contributed by atoms with Gasteiger partial charge in [0.05, 0.1) is 11.6 Å². The largest absolute Gasteiger partial charge is 0.450 e. The SMILES string of the molecule is C#CCNC(=O)COC(=O)c1ccc(-c2cc(Cl)ccc2Cl)o1. The lowest BCUT2D eigenvalue weighted by atomic mass is 10.2. The molecule has 0 aliphatic rings. The number of ether oxygens (including phenoxy) is 1. The van der Waals surface area contributed by atoms with E-state index in [0.29, 0.717) is 21.4 Å². The predicted octanol–water partition coefficient (Wildman–Crippen LogP) is 3.16. The van der Waals surface area contributed by atoms with Gasteiger partial charge in [-0.25, -0.2) is 4.79 Å². The molecule has 1 aromatic heterocycles. The van der Waals surface area contributed by atoms with Crippen molar-refractivity contribution in [3.63, 3.8) is 0 Å². The predicted molar refractivity (Wildman–Crippen MR) is 86.3 cm³/mol. The van der Waals surface area contributed by atoms with Gasteiger partial charge < -0.3 is 14.5 Å². The molecule has 0 spiro atoms. The number of hydrogen-bond donors (Lipinski definition) is 1. The maximum absolute atomic E-state index is 11.8. The molecule has 2 aromatic rings. The van der Waals surface area contributed by atoms with E-state index in [4.69, 9.17) is 38.8 Å². The number of hydrogen-bond acceptors (Lipinski definition) is 4. The standard InChI is InChI=1S/C16H11Cl2NO4/c1-2-7-19-15(20)9-22-16(21)14-6-5-13(23-14)11-8-10(17)3-4-12(11)18/h1,3-6,8H,7,9H2,(H,19,20). The van der Waals surface area contributed by atoms with Crippen LogP contribution in [0.2, 0.25) is 10.0 Å². The molecule has 1 amide bonds. The molecule has 0 bridgehead atoms. The van der Waals surface area contributed by atoms with Crippen LogP contribution in [-0.4, -0.2) is 25.0 Å². The number of rotatable bonds is 5. The Morgan fingerprint density at radius 2 is 2.04 bits per heavy atom. The molecule has 0 unspecified atom stereocenters. The van der Waals surface area contributed by atoms with Crippen molar-refractivity contribution in [2.75, 3.05) is 13.2 Å². The number of halogens is 2. The number of terminal acetylenes is 1. The van der Waals surface area contributed by atoms with Gasteiger partial charge in [-0.3, -0.25) is 4.79 Å². The van der Waals surface area contributed by atoms with Crippen LogP contribution >= 0.6 is 23.2 Å². The van der Waals surface area contributed by atoms with Gasteiger partial charge in [0.25, 0.3) is 5.91 Å². The van der Waals surface area contributed by atoms with Crippen LogP contribution in [0.3, 0.4) is 0 Å². The average molecular weight is 352 g/mol. The third kappa shape index (κ3) is 4.52. The molecule has 1 aromatic carbocycles. The Hall–Kier alpha value is -2.42. The molecule has 23 heavy (non-hydrogen) atoms. The fourth-order valence-corrected chi connectivity index (χ4v) is 2.06. The van der Waals surface area contributed by atoms with Crippen LogP contribution in [0.4, 0.5) is 0 Å². The Kier molecular flexibility index (Phi) is 5.69. The van der Waals surface area contributed by atoms with Crippen molar-refractivity contribution in [2.45, 2.75) is 0 Å². The third-order valence-electron chi connectivity index (χ3n) is 2.72. The summed E-state index contributed by atoms with van der Waals surface area (Å²) in [6, 6.07) is 7.86. The van der Waals surface area contributed by atoms with Gasteiger partial charge in [0.1, 0.15) is 5.76 Å². The zero-order chi connectivity index (χ0) is 16.8. The lowest BCUT2D eigenvalue weighted by Crippen LogP contribution is -2.28. The first-order chi connectivity index (χ1) is 11.0. The van der Waals surface area contributed by atoms with Crippen LogP contribution < -0.4 is 5.32 Å². The molecule has 0 aliphatic heterocycles. The smallest absolute Gasteiger partial charge is 0.374 e. The zero-order valence-corrected chi connectivity index (χ0v) is 13.3. The maximum Gasteiger partial charge on any atom is 0.374 e. The van der Waals surface area contributed by atoms with Crippen molar-refractivity contribution in [3.05, 3.63) is 46.1 Å². The van der Waals surface area contributed by atoms with Gasteiger partial charge in [0.15, 0.2) is 6.61 Å². The second-order valence-electron chi connectivity index (χ2n) is 4.35. The Labute approximate surface area is 142 Å². The van der Waals surface area contributed by atoms with Gasteiger partial charge in [-0.15, -0.1) is 6.42 Å². The molecule has 0 radical (unpaired) electrons. The fourth-order valence-electron chi connectivity index (χ4n) is 1.68. The Morgan fingerprint density at radius 1 is 1.26 bits per heavy atom. The van der Waals surface area contributed by atoms with Gasteiger partial charge in [-0.05, 0) is 30.3 Å². The van der Waals surface area contributed by atoms with Crippen LogP contribution in [0, 0.1) is 12.3 Å². The highest BCUT2D eigenvalue weighted by Gasteiger charge is 2.16. The molecular formula is C16H11Cl2NO4. The number of amides is 1. The van der Waals surface area contributed by atoms with Crippen LogP contribution in [0.15, 0.2) is 34.7 Å². The Morgan fingerprint density at radius 3 is 2.78 bits per heavy atom. The molecule has 7 heteroatoms. The summed E-state index contributed by atoms with van der Waals surface area (Å²) in [4.78, 5) is 23.1. The van der Waals surface area contributed by atoms with E-state index in [1.807, 2.05) is 0 Å². The lowest BCUT2D eigenvalue weighted by molar-refractivity contribution is -0.124. The minimum Gasteiger partial charge on any atom is -0.450 e. The quantitative estimate of drug-likeness (QED) is 0.663. The molecular weight excluding hydrogens is 341 g/mol. The van der Waals surface area contributed by atoms with E-state index in [1.165, 1.54) is 6.07 Å². The molecule has 118 valence electrons. The van der Waals surface area contributed by atoms with Crippen molar-refractivity contribution >= 4 is 35.1 Å². The fraction of sp³-hybridized carbons (Fsp3) is 0.125. The van der Waals surface area contributed by atoms with E-state index in [9.17, 15) is 9.59 Å². The van der Waals surface area contributed by atoms with Crippen molar-refractivity contribution in [3.8, 4) is 23.7 Å². The van der Waals surface area contributed by atoms with Gasteiger partial charge >= 0.3 is 5.97 Å². The van der Waals surface area contributed by atoms with Gasteiger partial charge in [-0.2, -0.15) is 0 Å². The second kappa shape index (κ2) is 7.73. The summed E-state index contributed by atoms with van der Waals surface area (Å²) < 4.78 is 10.2. The van der Waals surface area contributed by atoms with E-state index >= 15 is 0 Å². The first kappa shape index (κ1) is 16.9. The molecule has 1 heterocycles. The summed E-state index contributed by atoms with van der Waals surface area (Å²) >= 11 is 12.0. The van der Waals surface area contributed by atoms with Crippen molar-refractivity contribution in [1.29, 1.82) is 0 Å². The Bertz CT molecular complexity index is 777. The number of nitrogens with one attached hydrogen (secondary N) is 1. The second-order valence-corrected chi connectivity index (χ2v) is 5.19. The molecule has 0 fully saturated rings. The van der Waals surface area contributed by atoms with E-state index in [0.717, 1.165) is 0 Å². The molecule has 0 aliphatic carbocycles. The van der Waals surface area contributed by atoms with Gasteiger partial charge in [0, 0.05) is 10.6 Å². The number of benzene rings is 1. The van der Waals surface area contributed by atoms with E-state index < -0.39 is 18.5 Å². The number of carbonyl (C=O) groups excluding carboxylic acids is 2. The van der Waals surface area contributed by atoms with Crippen molar-refractivity contribution < 1.29 is 18.7 Å². The first-order valence-corrected chi connectivity index (χ1v) is 7.19. The van der Waals surface area contributed by atoms with E-state index in [2.05, 4.69) is 11.2 Å². The number of furan rings is 1.